The normalized spacial score (nSPS) is 11.8. The van der Waals surface area contributed by atoms with Crippen molar-refractivity contribution < 1.29 is 0 Å². The minimum atomic E-state index is 0.514. The molecule has 5 nitrogen and oxygen atoms in total. The highest BCUT2D eigenvalue weighted by molar-refractivity contribution is 7.15. The third kappa shape index (κ3) is 4.03. The molecule has 92 valence electrons. The second-order valence-corrected chi connectivity index (χ2v) is 5.62. The fraction of sp³-hybridized carbons (Fsp3) is 0.800. The maximum absolute atomic E-state index is 5.28. The Morgan fingerprint density at radius 2 is 2.00 bits per heavy atom. The molecule has 0 aliphatic heterocycles. The molecule has 0 aliphatic rings. The Bertz CT molecular complexity index is 310. The molecule has 0 radical (unpaired) electrons. The summed E-state index contributed by atoms with van der Waals surface area (Å²) >= 11 is 1.51. The van der Waals surface area contributed by atoms with Crippen molar-refractivity contribution in [3.05, 3.63) is 5.01 Å². The van der Waals surface area contributed by atoms with Gasteiger partial charge in [0.1, 0.15) is 5.01 Å². The van der Waals surface area contributed by atoms with Gasteiger partial charge in [0.2, 0.25) is 5.13 Å². The van der Waals surface area contributed by atoms with E-state index in [0.29, 0.717) is 17.1 Å². The van der Waals surface area contributed by atoms with Gasteiger partial charge < -0.3 is 0 Å². The molecule has 1 rings (SSSR count). The zero-order valence-electron chi connectivity index (χ0n) is 10.4. The van der Waals surface area contributed by atoms with E-state index in [-0.39, 0.29) is 0 Å². The van der Waals surface area contributed by atoms with Crippen LogP contribution in [0.1, 0.15) is 32.7 Å². The molecule has 0 aromatic carbocycles. The van der Waals surface area contributed by atoms with E-state index in [1.807, 2.05) is 0 Å². The number of nitrogens with one attached hydrogen (secondary N) is 1. The summed E-state index contributed by atoms with van der Waals surface area (Å²) in [5.74, 6) is 5.93. The fourth-order valence-corrected chi connectivity index (χ4v) is 2.15. The lowest BCUT2D eigenvalue weighted by Gasteiger charge is -2.26. The first-order valence-corrected chi connectivity index (χ1v) is 6.37. The van der Waals surface area contributed by atoms with Crippen LogP contribution in [0.25, 0.3) is 0 Å². The molecule has 1 heterocycles. The molecule has 16 heavy (non-hydrogen) atoms. The first kappa shape index (κ1) is 13.3. The monoisotopic (exact) mass is 243 g/mol. The summed E-state index contributed by atoms with van der Waals surface area (Å²) < 4.78 is 0. The molecule has 0 fully saturated rings. The Balaban J connectivity index is 2.60. The molecule has 0 saturated carbocycles. The predicted octanol–water partition coefficient (Wildman–Crippen LogP) is 1.69. The van der Waals surface area contributed by atoms with E-state index in [1.54, 1.807) is 0 Å². The van der Waals surface area contributed by atoms with Crippen molar-refractivity contribution in [1.29, 1.82) is 0 Å². The van der Waals surface area contributed by atoms with E-state index in [2.05, 4.69) is 48.2 Å². The van der Waals surface area contributed by atoms with Crippen LogP contribution in [0.3, 0.4) is 0 Å². The van der Waals surface area contributed by atoms with Crippen LogP contribution in [0.2, 0.25) is 0 Å². The van der Waals surface area contributed by atoms with Crippen molar-refractivity contribution in [3.63, 3.8) is 0 Å². The predicted molar refractivity (Wildman–Crippen MR) is 68.1 cm³/mol. The van der Waals surface area contributed by atoms with E-state index in [0.717, 1.165) is 18.1 Å². The van der Waals surface area contributed by atoms with E-state index in [9.17, 15) is 0 Å². The summed E-state index contributed by atoms with van der Waals surface area (Å²) in [6.45, 7) is 10.8. The summed E-state index contributed by atoms with van der Waals surface area (Å²) in [6, 6.07) is 0.514. The highest BCUT2D eigenvalue weighted by Gasteiger charge is 2.14. The molecule has 1 aromatic heterocycles. The third-order valence-corrected chi connectivity index (χ3v) is 3.10. The molecule has 0 atom stereocenters. The van der Waals surface area contributed by atoms with Crippen LogP contribution in [0.4, 0.5) is 5.13 Å². The van der Waals surface area contributed by atoms with Gasteiger partial charge >= 0.3 is 0 Å². The Labute approximate surface area is 101 Å². The smallest absolute Gasteiger partial charge is 0.219 e. The molecule has 0 bridgehead atoms. The quantitative estimate of drug-likeness (QED) is 0.588. The molecule has 0 aliphatic carbocycles. The lowest BCUT2D eigenvalue weighted by atomic mass is 10.2. The van der Waals surface area contributed by atoms with Crippen molar-refractivity contribution in [2.45, 2.75) is 40.3 Å². The minimum absolute atomic E-state index is 0.514. The highest BCUT2D eigenvalue weighted by Crippen LogP contribution is 2.17. The van der Waals surface area contributed by atoms with Crippen LogP contribution < -0.4 is 11.3 Å². The number of nitrogen functional groups attached to an aromatic ring is 1. The summed E-state index contributed by atoms with van der Waals surface area (Å²) in [7, 11) is 0. The van der Waals surface area contributed by atoms with Crippen molar-refractivity contribution >= 4 is 16.5 Å². The highest BCUT2D eigenvalue weighted by atomic mass is 32.1. The van der Waals surface area contributed by atoms with Gasteiger partial charge in [-0.1, -0.05) is 25.2 Å². The SMILES string of the molecule is CC(C)CN(Cc1nnc(NN)s1)C(C)C. The van der Waals surface area contributed by atoms with Gasteiger partial charge in [0, 0.05) is 12.6 Å². The Hall–Kier alpha value is -0.720. The number of rotatable bonds is 6. The molecule has 0 unspecified atom stereocenters. The van der Waals surface area contributed by atoms with E-state index < -0.39 is 0 Å². The van der Waals surface area contributed by atoms with Gasteiger partial charge in [-0.2, -0.15) is 0 Å². The maximum Gasteiger partial charge on any atom is 0.219 e. The number of hydrogen-bond donors (Lipinski definition) is 2. The average molecular weight is 243 g/mol. The van der Waals surface area contributed by atoms with Gasteiger partial charge in [0.25, 0.3) is 0 Å². The van der Waals surface area contributed by atoms with Crippen LogP contribution in [0.5, 0.6) is 0 Å². The summed E-state index contributed by atoms with van der Waals surface area (Å²) in [6.07, 6.45) is 0. The van der Waals surface area contributed by atoms with E-state index in [1.165, 1.54) is 11.3 Å². The summed E-state index contributed by atoms with van der Waals surface area (Å²) in [5, 5.41) is 9.70. The molecule has 0 spiro atoms. The number of aromatic nitrogens is 2. The minimum Gasteiger partial charge on any atom is -0.298 e. The standard InChI is InChI=1S/C10H21N5S/c1-7(2)5-15(8(3)4)6-9-13-14-10(12-11)16-9/h7-8H,5-6,11H2,1-4H3,(H,12,14). The first-order valence-electron chi connectivity index (χ1n) is 5.56. The zero-order chi connectivity index (χ0) is 12.1. The van der Waals surface area contributed by atoms with Gasteiger partial charge in [-0.3, -0.25) is 10.3 Å². The van der Waals surface area contributed by atoms with E-state index >= 15 is 0 Å². The first-order chi connectivity index (χ1) is 7.52. The van der Waals surface area contributed by atoms with Crippen LogP contribution in [-0.2, 0) is 6.54 Å². The van der Waals surface area contributed by atoms with Crippen LogP contribution in [-0.4, -0.2) is 27.7 Å². The zero-order valence-corrected chi connectivity index (χ0v) is 11.2. The summed E-state index contributed by atoms with van der Waals surface area (Å²) in [5.41, 5.74) is 2.52. The number of nitrogens with two attached hydrogens (primary N) is 1. The molecular weight excluding hydrogens is 222 g/mol. The molecular formula is C10H21N5S. The van der Waals surface area contributed by atoms with Gasteiger partial charge in [0.15, 0.2) is 0 Å². The van der Waals surface area contributed by atoms with Gasteiger partial charge in [-0.05, 0) is 19.8 Å². The van der Waals surface area contributed by atoms with Crippen molar-refractivity contribution in [2.75, 3.05) is 12.0 Å². The van der Waals surface area contributed by atoms with Crippen LogP contribution in [0, 0.1) is 5.92 Å². The van der Waals surface area contributed by atoms with Gasteiger partial charge in [-0.25, -0.2) is 5.84 Å². The second-order valence-electron chi connectivity index (χ2n) is 4.56. The fourth-order valence-electron chi connectivity index (χ4n) is 1.48. The lowest BCUT2D eigenvalue weighted by Crippen LogP contribution is -2.33. The molecule has 3 N–H and O–H groups in total. The Morgan fingerprint density at radius 3 is 2.44 bits per heavy atom. The molecule has 1 aromatic rings. The largest absolute Gasteiger partial charge is 0.298 e. The topological polar surface area (TPSA) is 67.1 Å². The lowest BCUT2D eigenvalue weighted by molar-refractivity contribution is 0.188. The Morgan fingerprint density at radius 1 is 1.31 bits per heavy atom. The Kier molecular flexibility index (Phi) is 5.11. The summed E-state index contributed by atoms with van der Waals surface area (Å²) in [4.78, 5) is 2.39. The molecule has 0 amide bonds. The number of hydrogen-bond acceptors (Lipinski definition) is 6. The number of anilines is 1. The number of nitrogens with zero attached hydrogens (tertiary/aromatic N) is 3. The van der Waals surface area contributed by atoms with Crippen LogP contribution >= 0.6 is 11.3 Å². The second kappa shape index (κ2) is 6.12. The molecule has 6 heteroatoms. The average Bonchev–Trinajstić information content (AvgIpc) is 2.63. The van der Waals surface area contributed by atoms with Crippen molar-refractivity contribution in [2.24, 2.45) is 11.8 Å². The maximum atomic E-state index is 5.28. The van der Waals surface area contributed by atoms with Crippen LogP contribution in [0.15, 0.2) is 0 Å². The molecule has 0 saturated heterocycles. The van der Waals surface area contributed by atoms with Crippen molar-refractivity contribution in [1.82, 2.24) is 15.1 Å². The third-order valence-electron chi connectivity index (χ3n) is 2.26. The van der Waals surface area contributed by atoms with Crippen molar-refractivity contribution in [3.8, 4) is 0 Å². The number of hydrazine groups is 1. The van der Waals surface area contributed by atoms with E-state index in [4.69, 9.17) is 5.84 Å². The van der Waals surface area contributed by atoms with Gasteiger partial charge in [-0.15, -0.1) is 10.2 Å². The van der Waals surface area contributed by atoms with Gasteiger partial charge in [0.05, 0.1) is 6.54 Å².